The average molecular weight is 243 g/mol. The number of pyridine rings is 1. The number of nitrogens with zero attached hydrogens (tertiary/aromatic N) is 3. The zero-order chi connectivity index (χ0) is 12.8. The van der Waals surface area contributed by atoms with Crippen LogP contribution in [0, 0.1) is 0 Å². The number of hydrazone groups is 1. The standard InChI is InChI=1S/C13H14N4O/c1-16-7-5-6-12(16)10-14-15-13(18)11-17-8-3-2-4-9-17/h2-10H,11H2,1H3/p+1/b14-10-. The van der Waals surface area contributed by atoms with E-state index in [1.165, 1.54) is 0 Å². The van der Waals surface area contributed by atoms with Crippen LogP contribution in [-0.4, -0.2) is 16.7 Å². The Bertz CT molecular complexity index is 545. The van der Waals surface area contributed by atoms with Gasteiger partial charge < -0.3 is 4.57 Å². The Balaban J connectivity index is 1.86. The number of carbonyl (C=O) groups excluding carboxylic acids is 1. The maximum absolute atomic E-state index is 11.6. The van der Waals surface area contributed by atoms with E-state index in [0.717, 1.165) is 5.69 Å². The summed E-state index contributed by atoms with van der Waals surface area (Å²) in [6.45, 7) is 0.255. The van der Waals surface area contributed by atoms with Gasteiger partial charge in [-0.1, -0.05) is 6.07 Å². The van der Waals surface area contributed by atoms with Gasteiger partial charge in [0.15, 0.2) is 12.4 Å². The number of hydrogen-bond donors (Lipinski definition) is 1. The molecular weight excluding hydrogens is 228 g/mol. The minimum absolute atomic E-state index is 0.156. The molecule has 0 unspecified atom stereocenters. The van der Waals surface area contributed by atoms with Gasteiger partial charge in [-0.25, -0.2) is 5.43 Å². The van der Waals surface area contributed by atoms with Crippen LogP contribution in [0.25, 0.3) is 0 Å². The topological polar surface area (TPSA) is 50.3 Å². The van der Waals surface area contributed by atoms with Crippen LogP contribution in [0.2, 0.25) is 0 Å². The molecule has 2 heterocycles. The average Bonchev–Trinajstić information content (AvgIpc) is 2.76. The molecule has 2 aromatic rings. The fourth-order valence-corrected chi connectivity index (χ4v) is 1.52. The van der Waals surface area contributed by atoms with Crippen LogP contribution in [0.15, 0.2) is 54.0 Å². The quantitative estimate of drug-likeness (QED) is 0.473. The van der Waals surface area contributed by atoms with Gasteiger partial charge in [0.1, 0.15) is 0 Å². The number of rotatable bonds is 4. The molecule has 92 valence electrons. The molecule has 1 N–H and O–H groups in total. The zero-order valence-corrected chi connectivity index (χ0v) is 10.2. The Hall–Kier alpha value is -2.43. The minimum atomic E-state index is -0.156. The summed E-state index contributed by atoms with van der Waals surface area (Å²) in [5.41, 5.74) is 3.43. The number of nitrogens with one attached hydrogen (secondary N) is 1. The van der Waals surface area contributed by atoms with Crippen molar-refractivity contribution in [1.82, 2.24) is 9.99 Å². The molecule has 0 radical (unpaired) electrons. The fourth-order valence-electron chi connectivity index (χ4n) is 1.52. The molecule has 0 saturated carbocycles. The molecule has 2 aromatic heterocycles. The van der Waals surface area contributed by atoms with Crippen molar-refractivity contribution in [1.29, 1.82) is 0 Å². The van der Waals surface area contributed by atoms with Gasteiger partial charge >= 0.3 is 5.91 Å². The van der Waals surface area contributed by atoms with E-state index >= 15 is 0 Å². The van der Waals surface area contributed by atoms with Gasteiger partial charge in [-0.05, 0) is 12.1 Å². The van der Waals surface area contributed by atoms with Crippen molar-refractivity contribution < 1.29 is 9.36 Å². The van der Waals surface area contributed by atoms with Crippen LogP contribution in [-0.2, 0) is 18.4 Å². The predicted molar refractivity (Wildman–Crippen MR) is 67.8 cm³/mol. The third-order valence-corrected chi connectivity index (χ3v) is 2.47. The van der Waals surface area contributed by atoms with Crippen molar-refractivity contribution in [3.05, 3.63) is 54.6 Å². The van der Waals surface area contributed by atoms with Crippen LogP contribution in [0.5, 0.6) is 0 Å². The monoisotopic (exact) mass is 243 g/mol. The second-order valence-corrected chi connectivity index (χ2v) is 3.88. The van der Waals surface area contributed by atoms with E-state index in [9.17, 15) is 4.79 Å². The molecule has 0 saturated heterocycles. The molecule has 0 aliphatic carbocycles. The molecule has 0 bridgehead atoms. The molecule has 5 heteroatoms. The number of aryl methyl sites for hydroxylation is 1. The lowest BCUT2D eigenvalue weighted by atomic mass is 10.4. The minimum Gasteiger partial charge on any atom is -0.350 e. The Morgan fingerprint density at radius 1 is 1.39 bits per heavy atom. The molecule has 0 fully saturated rings. The Morgan fingerprint density at radius 2 is 2.17 bits per heavy atom. The summed E-state index contributed by atoms with van der Waals surface area (Å²) in [6.07, 6.45) is 7.21. The first kappa shape index (κ1) is 12.0. The highest BCUT2D eigenvalue weighted by Crippen LogP contribution is 1.94. The van der Waals surface area contributed by atoms with Crippen LogP contribution in [0.4, 0.5) is 0 Å². The lowest BCUT2D eigenvalue weighted by Gasteiger charge is -1.97. The number of aromatic nitrogens is 2. The first-order valence-electron chi connectivity index (χ1n) is 5.63. The molecule has 0 aliphatic rings. The highest BCUT2D eigenvalue weighted by atomic mass is 16.2. The number of carbonyl (C=O) groups is 1. The summed E-state index contributed by atoms with van der Waals surface area (Å²) in [7, 11) is 1.92. The first-order chi connectivity index (χ1) is 8.75. The highest BCUT2D eigenvalue weighted by Gasteiger charge is 2.06. The SMILES string of the molecule is Cn1cccc1/C=N\NC(=O)C[n+]1ccccc1. The largest absolute Gasteiger partial charge is 0.350 e. The van der Waals surface area contributed by atoms with E-state index in [2.05, 4.69) is 10.5 Å². The molecule has 0 atom stereocenters. The summed E-state index contributed by atoms with van der Waals surface area (Å²) >= 11 is 0. The van der Waals surface area contributed by atoms with Crippen molar-refractivity contribution in [2.75, 3.05) is 0 Å². The first-order valence-corrected chi connectivity index (χ1v) is 5.63. The molecule has 2 rings (SSSR count). The van der Waals surface area contributed by atoms with Crippen molar-refractivity contribution >= 4 is 12.1 Å². The highest BCUT2D eigenvalue weighted by molar-refractivity contribution is 5.80. The molecule has 1 amide bonds. The van der Waals surface area contributed by atoms with E-state index in [1.807, 2.05) is 60.5 Å². The summed E-state index contributed by atoms with van der Waals surface area (Å²) < 4.78 is 3.70. The second-order valence-electron chi connectivity index (χ2n) is 3.88. The maximum Gasteiger partial charge on any atom is 0.305 e. The third kappa shape index (κ3) is 3.28. The van der Waals surface area contributed by atoms with Gasteiger partial charge in [-0.15, -0.1) is 0 Å². The van der Waals surface area contributed by atoms with Crippen LogP contribution < -0.4 is 9.99 Å². The van der Waals surface area contributed by atoms with Crippen LogP contribution in [0.1, 0.15) is 5.69 Å². The third-order valence-electron chi connectivity index (χ3n) is 2.47. The van der Waals surface area contributed by atoms with Crippen molar-refractivity contribution in [3.63, 3.8) is 0 Å². The predicted octanol–water partition coefficient (Wildman–Crippen LogP) is 0.463. The van der Waals surface area contributed by atoms with Crippen molar-refractivity contribution in [2.45, 2.75) is 6.54 Å². The Labute approximate surface area is 105 Å². The summed E-state index contributed by atoms with van der Waals surface area (Å²) in [6, 6.07) is 9.49. The summed E-state index contributed by atoms with van der Waals surface area (Å²) in [5, 5.41) is 3.91. The van der Waals surface area contributed by atoms with Crippen LogP contribution in [0.3, 0.4) is 0 Å². The van der Waals surface area contributed by atoms with E-state index in [1.54, 1.807) is 10.8 Å². The molecule has 0 aromatic carbocycles. The second kappa shape index (κ2) is 5.77. The number of amides is 1. The maximum atomic E-state index is 11.6. The number of hydrogen-bond acceptors (Lipinski definition) is 2. The molecule has 18 heavy (non-hydrogen) atoms. The van der Waals surface area contributed by atoms with E-state index in [-0.39, 0.29) is 12.5 Å². The van der Waals surface area contributed by atoms with Crippen molar-refractivity contribution in [3.8, 4) is 0 Å². The van der Waals surface area contributed by atoms with Gasteiger partial charge in [0.25, 0.3) is 0 Å². The molecule has 5 nitrogen and oxygen atoms in total. The van der Waals surface area contributed by atoms with Crippen LogP contribution >= 0.6 is 0 Å². The molecule has 0 aliphatic heterocycles. The van der Waals surface area contributed by atoms with Gasteiger partial charge in [0.05, 0.1) is 11.9 Å². The Morgan fingerprint density at radius 3 is 2.83 bits per heavy atom. The Kier molecular flexibility index (Phi) is 3.86. The fraction of sp³-hybridized carbons (Fsp3) is 0.154. The van der Waals surface area contributed by atoms with Gasteiger partial charge in [0, 0.05) is 25.4 Å². The normalized spacial score (nSPS) is 10.7. The van der Waals surface area contributed by atoms with E-state index in [4.69, 9.17) is 0 Å². The molecule has 0 spiro atoms. The lowest BCUT2D eigenvalue weighted by Crippen LogP contribution is -2.40. The van der Waals surface area contributed by atoms with Gasteiger partial charge in [-0.2, -0.15) is 9.67 Å². The summed E-state index contributed by atoms with van der Waals surface area (Å²) in [4.78, 5) is 11.6. The van der Waals surface area contributed by atoms with E-state index in [0.29, 0.717) is 0 Å². The van der Waals surface area contributed by atoms with Crippen molar-refractivity contribution in [2.24, 2.45) is 12.1 Å². The molecular formula is C13H15N4O+. The van der Waals surface area contributed by atoms with Gasteiger partial charge in [0.2, 0.25) is 6.54 Å². The zero-order valence-electron chi connectivity index (χ0n) is 10.2. The lowest BCUT2D eigenvalue weighted by molar-refractivity contribution is -0.684. The van der Waals surface area contributed by atoms with Gasteiger partial charge in [-0.3, -0.25) is 4.79 Å². The smallest absolute Gasteiger partial charge is 0.305 e. The van der Waals surface area contributed by atoms with E-state index < -0.39 is 0 Å². The summed E-state index contributed by atoms with van der Waals surface area (Å²) in [5.74, 6) is -0.156.